The molecule has 0 spiro atoms. The predicted octanol–water partition coefficient (Wildman–Crippen LogP) is 4.17. The Morgan fingerprint density at radius 2 is 2.22 bits per heavy atom. The van der Waals surface area contributed by atoms with Crippen molar-refractivity contribution in [3.63, 3.8) is 0 Å². The first-order chi connectivity index (χ1) is 8.65. The molecule has 1 aromatic heterocycles. The van der Waals surface area contributed by atoms with Gasteiger partial charge in [0.2, 0.25) is 5.95 Å². The summed E-state index contributed by atoms with van der Waals surface area (Å²) < 4.78 is 16.1. The van der Waals surface area contributed by atoms with Crippen molar-refractivity contribution in [2.24, 2.45) is 0 Å². The molecule has 0 unspecified atom stereocenters. The highest BCUT2D eigenvalue weighted by Gasteiger charge is 2.25. The molecule has 0 saturated heterocycles. The van der Waals surface area contributed by atoms with Crippen LogP contribution in [0.25, 0.3) is 0 Å². The largest absolute Gasteiger partial charge is 0.325 e. The molecule has 1 aliphatic rings. The van der Waals surface area contributed by atoms with Crippen molar-refractivity contribution in [1.82, 2.24) is 9.55 Å². The summed E-state index contributed by atoms with van der Waals surface area (Å²) in [6.07, 6.45) is 6.12. The van der Waals surface area contributed by atoms with Gasteiger partial charge in [0.15, 0.2) is 0 Å². The van der Waals surface area contributed by atoms with Gasteiger partial charge in [-0.2, -0.15) is 0 Å². The monoisotopic (exact) mass is 309 g/mol. The maximum absolute atomic E-state index is 13.5. The maximum atomic E-state index is 13.5. The molecule has 0 amide bonds. The minimum Gasteiger partial charge on any atom is -0.325 e. The molecule has 1 aromatic carbocycles. The number of nitrogens with zero attached hydrogens (tertiary/aromatic N) is 2. The molecule has 0 radical (unpaired) electrons. The lowest BCUT2D eigenvalue weighted by Crippen LogP contribution is -2.03. The summed E-state index contributed by atoms with van der Waals surface area (Å²) >= 11 is 3.18. The van der Waals surface area contributed by atoms with E-state index in [-0.39, 0.29) is 5.82 Å². The molecule has 5 heteroatoms. The number of aryl methyl sites for hydroxylation is 1. The van der Waals surface area contributed by atoms with Gasteiger partial charge in [-0.15, -0.1) is 0 Å². The molecule has 0 bridgehead atoms. The molecule has 94 valence electrons. The zero-order valence-corrected chi connectivity index (χ0v) is 11.5. The SMILES string of the molecule is Cc1cc(Br)c(F)cc1Nc1nccn1C1CC1. The summed E-state index contributed by atoms with van der Waals surface area (Å²) in [7, 11) is 0. The van der Waals surface area contributed by atoms with Crippen LogP contribution in [-0.4, -0.2) is 9.55 Å². The van der Waals surface area contributed by atoms with Crippen LogP contribution >= 0.6 is 15.9 Å². The van der Waals surface area contributed by atoms with Crippen LogP contribution in [0.3, 0.4) is 0 Å². The number of hydrogen-bond donors (Lipinski definition) is 1. The third-order valence-corrected chi connectivity index (χ3v) is 3.73. The zero-order valence-electron chi connectivity index (χ0n) is 9.95. The summed E-state index contributed by atoms with van der Waals surface area (Å²) in [5, 5.41) is 3.20. The van der Waals surface area contributed by atoms with Crippen molar-refractivity contribution in [2.75, 3.05) is 5.32 Å². The second-order valence-corrected chi connectivity index (χ2v) is 5.45. The molecule has 3 rings (SSSR count). The normalized spacial score (nSPS) is 14.8. The van der Waals surface area contributed by atoms with Gasteiger partial charge in [-0.05, 0) is 53.4 Å². The van der Waals surface area contributed by atoms with Crippen molar-refractivity contribution in [3.05, 3.63) is 40.4 Å². The van der Waals surface area contributed by atoms with E-state index in [1.54, 1.807) is 12.3 Å². The van der Waals surface area contributed by atoms with Crippen LogP contribution in [0.4, 0.5) is 16.0 Å². The number of anilines is 2. The van der Waals surface area contributed by atoms with Crippen LogP contribution in [0.5, 0.6) is 0 Å². The van der Waals surface area contributed by atoms with E-state index < -0.39 is 0 Å². The van der Waals surface area contributed by atoms with Crippen molar-refractivity contribution in [1.29, 1.82) is 0 Å². The van der Waals surface area contributed by atoms with Crippen LogP contribution in [-0.2, 0) is 0 Å². The smallest absolute Gasteiger partial charge is 0.207 e. The number of halogens is 2. The molecule has 18 heavy (non-hydrogen) atoms. The molecular weight excluding hydrogens is 297 g/mol. The summed E-state index contributed by atoms with van der Waals surface area (Å²) in [5.74, 6) is 0.509. The van der Waals surface area contributed by atoms with Gasteiger partial charge in [0.05, 0.1) is 4.47 Å². The highest BCUT2D eigenvalue weighted by atomic mass is 79.9. The minimum atomic E-state index is -0.271. The summed E-state index contributed by atoms with van der Waals surface area (Å²) in [6, 6.07) is 3.81. The van der Waals surface area contributed by atoms with E-state index in [0.29, 0.717) is 10.5 Å². The molecule has 0 aliphatic heterocycles. The first kappa shape index (κ1) is 11.7. The maximum Gasteiger partial charge on any atom is 0.207 e. The van der Waals surface area contributed by atoms with Crippen molar-refractivity contribution < 1.29 is 4.39 Å². The Morgan fingerprint density at radius 3 is 2.94 bits per heavy atom. The van der Waals surface area contributed by atoms with Gasteiger partial charge in [0, 0.05) is 24.1 Å². The Kier molecular flexibility index (Phi) is 2.86. The summed E-state index contributed by atoms with van der Waals surface area (Å²) in [6.45, 7) is 1.94. The average Bonchev–Trinajstić information content (AvgIpc) is 3.07. The van der Waals surface area contributed by atoms with Crippen molar-refractivity contribution in [3.8, 4) is 0 Å². The minimum absolute atomic E-state index is 0.271. The summed E-state index contributed by atoms with van der Waals surface area (Å²) in [5.41, 5.74) is 1.73. The molecule has 1 heterocycles. The first-order valence-corrected chi connectivity index (χ1v) is 6.70. The Labute approximate surface area is 113 Å². The van der Waals surface area contributed by atoms with Crippen molar-refractivity contribution in [2.45, 2.75) is 25.8 Å². The third kappa shape index (κ3) is 2.14. The van der Waals surface area contributed by atoms with E-state index in [0.717, 1.165) is 17.2 Å². The van der Waals surface area contributed by atoms with E-state index in [1.165, 1.54) is 18.9 Å². The number of nitrogens with one attached hydrogen (secondary N) is 1. The molecule has 2 aromatic rings. The second-order valence-electron chi connectivity index (χ2n) is 4.60. The Hall–Kier alpha value is -1.36. The Morgan fingerprint density at radius 1 is 1.44 bits per heavy atom. The summed E-state index contributed by atoms with van der Waals surface area (Å²) in [4.78, 5) is 4.28. The van der Waals surface area contributed by atoms with Crippen molar-refractivity contribution >= 4 is 27.6 Å². The van der Waals surface area contributed by atoms with E-state index in [9.17, 15) is 4.39 Å². The highest BCUT2D eigenvalue weighted by Crippen LogP contribution is 2.37. The number of benzene rings is 1. The van der Waals surface area contributed by atoms with E-state index in [1.807, 2.05) is 13.1 Å². The fourth-order valence-electron chi connectivity index (χ4n) is 1.96. The number of aromatic nitrogens is 2. The van der Waals surface area contributed by atoms with Gasteiger partial charge in [0.25, 0.3) is 0 Å². The lowest BCUT2D eigenvalue weighted by molar-refractivity contribution is 0.621. The lowest BCUT2D eigenvalue weighted by Gasteiger charge is -2.11. The first-order valence-electron chi connectivity index (χ1n) is 5.90. The van der Waals surface area contributed by atoms with Crippen LogP contribution in [0, 0.1) is 12.7 Å². The Balaban J connectivity index is 1.92. The van der Waals surface area contributed by atoms with Crippen LogP contribution < -0.4 is 5.32 Å². The number of imidazole rings is 1. The standard InChI is InChI=1S/C13H13BrFN3/c1-8-6-10(14)11(15)7-12(8)17-13-16-4-5-18(13)9-2-3-9/h4-7,9H,2-3H2,1H3,(H,16,17). The van der Waals surface area contributed by atoms with E-state index in [4.69, 9.17) is 0 Å². The molecule has 3 nitrogen and oxygen atoms in total. The van der Waals surface area contributed by atoms with Gasteiger partial charge in [0.1, 0.15) is 5.82 Å². The molecular formula is C13H13BrFN3. The van der Waals surface area contributed by atoms with Crippen LogP contribution in [0.1, 0.15) is 24.4 Å². The van der Waals surface area contributed by atoms with Crippen LogP contribution in [0.15, 0.2) is 29.0 Å². The Bertz CT molecular complexity index is 590. The van der Waals surface area contributed by atoms with Gasteiger partial charge < -0.3 is 9.88 Å². The number of rotatable bonds is 3. The molecule has 1 fully saturated rings. The van der Waals surface area contributed by atoms with Gasteiger partial charge in [-0.3, -0.25) is 0 Å². The van der Waals surface area contributed by atoms with Crippen LogP contribution in [0.2, 0.25) is 0 Å². The quantitative estimate of drug-likeness (QED) is 0.922. The zero-order chi connectivity index (χ0) is 12.7. The fourth-order valence-corrected chi connectivity index (χ4v) is 2.42. The predicted molar refractivity (Wildman–Crippen MR) is 72.6 cm³/mol. The lowest BCUT2D eigenvalue weighted by atomic mass is 10.2. The topological polar surface area (TPSA) is 29.9 Å². The second kappa shape index (κ2) is 4.39. The highest BCUT2D eigenvalue weighted by molar-refractivity contribution is 9.10. The molecule has 1 N–H and O–H groups in total. The van der Waals surface area contributed by atoms with Gasteiger partial charge in [-0.1, -0.05) is 0 Å². The van der Waals surface area contributed by atoms with Gasteiger partial charge >= 0.3 is 0 Å². The molecule has 1 aliphatic carbocycles. The average molecular weight is 310 g/mol. The number of hydrogen-bond acceptors (Lipinski definition) is 2. The van der Waals surface area contributed by atoms with E-state index in [2.05, 4.69) is 30.8 Å². The van der Waals surface area contributed by atoms with Gasteiger partial charge in [-0.25, -0.2) is 9.37 Å². The third-order valence-electron chi connectivity index (χ3n) is 3.12. The molecule has 0 atom stereocenters. The van der Waals surface area contributed by atoms with E-state index >= 15 is 0 Å². The molecule has 1 saturated carbocycles. The fraction of sp³-hybridized carbons (Fsp3) is 0.308.